The van der Waals surface area contributed by atoms with Crippen LogP contribution in [-0.4, -0.2) is 53.0 Å². The van der Waals surface area contributed by atoms with Crippen molar-refractivity contribution in [2.45, 2.75) is 33.2 Å². The van der Waals surface area contributed by atoms with Gasteiger partial charge in [0, 0.05) is 32.7 Å². The number of aliphatic carboxylic acids is 1. The van der Waals surface area contributed by atoms with E-state index < -0.39 is 17.8 Å². The van der Waals surface area contributed by atoms with Crippen molar-refractivity contribution in [1.29, 1.82) is 0 Å². The first kappa shape index (κ1) is 19.5. The summed E-state index contributed by atoms with van der Waals surface area (Å²) in [6.45, 7) is 7.18. The molecule has 6 heteroatoms. The molecular weight excluding hydrogens is 347 g/mol. The Balaban J connectivity index is 1.60. The number of carboxylic acid groups (broad SMARTS) is 1. The molecular formula is C21H27FN2O3. The highest BCUT2D eigenvalue weighted by Gasteiger charge is 2.39. The van der Waals surface area contributed by atoms with Crippen molar-refractivity contribution in [3.05, 3.63) is 46.8 Å². The van der Waals surface area contributed by atoms with Crippen LogP contribution in [0.2, 0.25) is 0 Å². The van der Waals surface area contributed by atoms with E-state index in [1.807, 2.05) is 19.9 Å². The first-order valence-electron chi connectivity index (χ1n) is 9.48. The van der Waals surface area contributed by atoms with E-state index in [1.165, 1.54) is 12.1 Å². The molecule has 146 valence electrons. The minimum atomic E-state index is -0.884. The molecule has 0 spiro atoms. The van der Waals surface area contributed by atoms with Crippen molar-refractivity contribution in [2.75, 3.05) is 26.2 Å². The molecule has 27 heavy (non-hydrogen) atoms. The Kier molecular flexibility index (Phi) is 5.95. The number of carbonyl (C=O) groups is 2. The fourth-order valence-corrected chi connectivity index (χ4v) is 4.07. The third-order valence-corrected chi connectivity index (χ3v) is 5.88. The molecule has 2 atom stereocenters. The molecule has 1 aliphatic carbocycles. The Labute approximate surface area is 159 Å². The largest absolute Gasteiger partial charge is 0.481 e. The summed E-state index contributed by atoms with van der Waals surface area (Å²) >= 11 is 0. The highest BCUT2D eigenvalue weighted by Crippen LogP contribution is 2.35. The molecule has 1 aliphatic heterocycles. The van der Waals surface area contributed by atoms with Crippen LogP contribution in [0, 0.1) is 17.7 Å². The lowest BCUT2D eigenvalue weighted by Gasteiger charge is -2.38. The van der Waals surface area contributed by atoms with Gasteiger partial charge in [-0.2, -0.15) is 0 Å². The predicted octanol–water partition coefficient (Wildman–Crippen LogP) is 2.92. The highest BCUT2D eigenvalue weighted by atomic mass is 19.1. The van der Waals surface area contributed by atoms with E-state index in [1.54, 1.807) is 11.0 Å². The molecule has 5 nitrogen and oxygen atoms in total. The molecule has 1 heterocycles. The van der Waals surface area contributed by atoms with Crippen LogP contribution in [0.15, 0.2) is 35.4 Å². The lowest BCUT2D eigenvalue weighted by molar-refractivity contribution is -0.151. The number of allylic oxidation sites excluding steroid dienone is 2. The summed E-state index contributed by atoms with van der Waals surface area (Å²) in [6, 6.07) is 6.57. The van der Waals surface area contributed by atoms with Crippen LogP contribution in [0.4, 0.5) is 4.39 Å². The molecule has 1 fully saturated rings. The molecule has 0 radical (unpaired) electrons. The van der Waals surface area contributed by atoms with E-state index in [0.29, 0.717) is 45.6 Å². The van der Waals surface area contributed by atoms with Crippen LogP contribution >= 0.6 is 0 Å². The fourth-order valence-electron chi connectivity index (χ4n) is 4.07. The summed E-state index contributed by atoms with van der Waals surface area (Å²) in [5, 5.41) is 9.56. The van der Waals surface area contributed by atoms with Gasteiger partial charge in [0.25, 0.3) is 0 Å². The van der Waals surface area contributed by atoms with E-state index in [0.717, 1.165) is 16.7 Å². The van der Waals surface area contributed by atoms with Crippen LogP contribution in [-0.2, 0) is 16.1 Å². The second-order valence-electron chi connectivity index (χ2n) is 7.75. The number of hydrogen-bond acceptors (Lipinski definition) is 3. The minimum Gasteiger partial charge on any atom is -0.481 e. The minimum absolute atomic E-state index is 0.0420. The van der Waals surface area contributed by atoms with Gasteiger partial charge in [0.05, 0.1) is 11.8 Å². The zero-order valence-electron chi connectivity index (χ0n) is 15.9. The third kappa shape index (κ3) is 4.56. The second-order valence-corrected chi connectivity index (χ2v) is 7.75. The van der Waals surface area contributed by atoms with Gasteiger partial charge in [-0.25, -0.2) is 4.39 Å². The molecule has 2 aliphatic rings. The van der Waals surface area contributed by atoms with Crippen molar-refractivity contribution in [3.63, 3.8) is 0 Å². The number of piperazine rings is 1. The second kappa shape index (κ2) is 8.21. The van der Waals surface area contributed by atoms with Gasteiger partial charge in [-0.15, -0.1) is 0 Å². The standard InChI is InChI=1S/C21H27FN2O3/c1-14-10-18(19(21(26)27)11-15(14)2)20(25)24-8-6-23(7-9-24)13-16-4-3-5-17(22)12-16/h3-5,12,18-19H,6-11,13H2,1-2H3,(H,26,27)/t18-,19-/m0/s1. The molecule has 0 bridgehead atoms. The number of carbonyl (C=O) groups excluding carboxylic acids is 1. The molecule has 1 amide bonds. The van der Waals surface area contributed by atoms with Crippen LogP contribution in [0.3, 0.4) is 0 Å². The summed E-state index contributed by atoms with van der Waals surface area (Å²) in [7, 11) is 0. The first-order valence-corrected chi connectivity index (χ1v) is 9.48. The van der Waals surface area contributed by atoms with Crippen molar-refractivity contribution < 1.29 is 19.1 Å². The maximum absolute atomic E-state index is 13.3. The van der Waals surface area contributed by atoms with Crippen LogP contribution in [0.1, 0.15) is 32.3 Å². The van der Waals surface area contributed by atoms with Gasteiger partial charge < -0.3 is 10.0 Å². The normalized spacial score (nSPS) is 24.2. The van der Waals surface area contributed by atoms with Gasteiger partial charge in [0.2, 0.25) is 5.91 Å². The molecule has 1 saturated heterocycles. The lowest BCUT2D eigenvalue weighted by Crippen LogP contribution is -2.51. The summed E-state index contributed by atoms with van der Waals surface area (Å²) in [5.41, 5.74) is 3.14. The maximum Gasteiger partial charge on any atom is 0.307 e. The number of hydrogen-bond donors (Lipinski definition) is 1. The number of halogens is 1. The van der Waals surface area contributed by atoms with Gasteiger partial charge in [-0.05, 0) is 44.4 Å². The van der Waals surface area contributed by atoms with Gasteiger partial charge in [0.1, 0.15) is 5.82 Å². The van der Waals surface area contributed by atoms with Crippen molar-refractivity contribution in [1.82, 2.24) is 9.80 Å². The Morgan fingerprint density at radius 3 is 2.30 bits per heavy atom. The van der Waals surface area contributed by atoms with Gasteiger partial charge in [-0.3, -0.25) is 14.5 Å². The van der Waals surface area contributed by atoms with E-state index in [-0.39, 0.29) is 11.7 Å². The number of amides is 1. The Morgan fingerprint density at radius 1 is 1.07 bits per heavy atom. The van der Waals surface area contributed by atoms with Crippen molar-refractivity contribution in [2.24, 2.45) is 11.8 Å². The van der Waals surface area contributed by atoms with E-state index in [2.05, 4.69) is 4.90 Å². The zero-order chi connectivity index (χ0) is 19.6. The smallest absolute Gasteiger partial charge is 0.307 e. The van der Waals surface area contributed by atoms with E-state index in [4.69, 9.17) is 0 Å². The molecule has 0 aromatic heterocycles. The van der Waals surface area contributed by atoms with Crippen LogP contribution in [0.25, 0.3) is 0 Å². The third-order valence-electron chi connectivity index (χ3n) is 5.88. The Hall–Kier alpha value is -2.21. The fraction of sp³-hybridized carbons (Fsp3) is 0.524. The summed E-state index contributed by atoms with van der Waals surface area (Å²) in [6.07, 6.45) is 0.988. The molecule has 1 aromatic carbocycles. The van der Waals surface area contributed by atoms with Crippen molar-refractivity contribution in [3.8, 4) is 0 Å². The molecule has 0 unspecified atom stereocenters. The van der Waals surface area contributed by atoms with Gasteiger partial charge in [0.15, 0.2) is 0 Å². The number of nitrogens with zero attached hydrogens (tertiary/aromatic N) is 2. The zero-order valence-corrected chi connectivity index (χ0v) is 15.9. The molecule has 1 N–H and O–H groups in total. The van der Waals surface area contributed by atoms with Crippen LogP contribution < -0.4 is 0 Å². The number of carboxylic acids is 1. The van der Waals surface area contributed by atoms with Crippen molar-refractivity contribution >= 4 is 11.9 Å². The average molecular weight is 374 g/mol. The lowest BCUT2D eigenvalue weighted by atomic mass is 9.76. The topological polar surface area (TPSA) is 60.9 Å². The first-order chi connectivity index (χ1) is 12.8. The van der Waals surface area contributed by atoms with Gasteiger partial charge >= 0.3 is 5.97 Å². The molecule has 0 saturated carbocycles. The van der Waals surface area contributed by atoms with Crippen LogP contribution in [0.5, 0.6) is 0 Å². The number of rotatable bonds is 4. The molecule has 1 aromatic rings. The monoisotopic (exact) mass is 374 g/mol. The van der Waals surface area contributed by atoms with E-state index >= 15 is 0 Å². The Bertz CT molecular complexity index is 754. The van der Waals surface area contributed by atoms with E-state index in [9.17, 15) is 19.1 Å². The summed E-state index contributed by atoms with van der Waals surface area (Å²) < 4.78 is 13.3. The highest BCUT2D eigenvalue weighted by molar-refractivity contribution is 5.85. The number of benzene rings is 1. The van der Waals surface area contributed by atoms with Gasteiger partial charge in [-0.1, -0.05) is 23.3 Å². The maximum atomic E-state index is 13.3. The SMILES string of the molecule is CC1=C(C)C[C@H](C(=O)N2CCN(Cc3cccc(F)c3)CC2)[C@@H](C(=O)O)C1. The quantitative estimate of drug-likeness (QED) is 0.824. The summed E-state index contributed by atoms with van der Waals surface area (Å²) in [5.74, 6) is -2.27. The molecule has 3 rings (SSSR count). The predicted molar refractivity (Wildman–Crippen MR) is 100 cm³/mol. The summed E-state index contributed by atoms with van der Waals surface area (Å²) in [4.78, 5) is 28.7. The average Bonchev–Trinajstić information content (AvgIpc) is 2.63. The Morgan fingerprint density at radius 2 is 1.70 bits per heavy atom.